The van der Waals surface area contributed by atoms with Crippen molar-refractivity contribution in [3.8, 4) is 0 Å². The van der Waals surface area contributed by atoms with Gasteiger partial charge in [0.15, 0.2) is 0 Å². The molecule has 1 aliphatic heterocycles. The van der Waals surface area contributed by atoms with Gasteiger partial charge in [0.2, 0.25) is 0 Å². The average molecular weight is 258 g/mol. The minimum absolute atomic E-state index is 0.299. The Balaban J connectivity index is 1.99. The van der Waals surface area contributed by atoms with Gasteiger partial charge >= 0.3 is 5.97 Å². The van der Waals surface area contributed by atoms with Gasteiger partial charge in [-0.25, -0.2) is 9.79 Å². The first-order valence-corrected chi connectivity index (χ1v) is 6.86. The summed E-state index contributed by atoms with van der Waals surface area (Å²) in [4.78, 5) is 16.2. The predicted octanol–water partition coefficient (Wildman–Crippen LogP) is 2.75. The van der Waals surface area contributed by atoms with E-state index in [0.717, 1.165) is 24.4 Å². The lowest BCUT2D eigenvalue weighted by atomic mass is 9.84. The standard InChI is InChI=1S/C15H18N2O2/c1-2-19-15(18)9-6-7-11-10-4-3-5-12(10)14(16)17-13(11)8-9/h6-8,10,12H,2-5H2,1H3,(H2,16,17). The molecule has 0 aromatic heterocycles. The molecule has 1 aromatic carbocycles. The van der Waals surface area contributed by atoms with Crippen molar-refractivity contribution in [1.29, 1.82) is 0 Å². The van der Waals surface area contributed by atoms with Gasteiger partial charge in [-0.3, -0.25) is 0 Å². The van der Waals surface area contributed by atoms with Gasteiger partial charge in [0, 0.05) is 5.92 Å². The Morgan fingerprint density at radius 2 is 2.21 bits per heavy atom. The normalized spacial score (nSPS) is 24.4. The molecule has 1 fully saturated rings. The predicted molar refractivity (Wildman–Crippen MR) is 73.8 cm³/mol. The molecule has 0 spiro atoms. The van der Waals surface area contributed by atoms with Crippen molar-refractivity contribution < 1.29 is 9.53 Å². The maximum absolute atomic E-state index is 11.7. The number of amidine groups is 1. The Hall–Kier alpha value is -1.84. The Bertz CT molecular complexity index is 551. The molecule has 19 heavy (non-hydrogen) atoms. The Morgan fingerprint density at radius 1 is 1.42 bits per heavy atom. The molecular weight excluding hydrogens is 240 g/mol. The van der Waals surface area contributed by atoms with E-state index >= 15 is 0 Å². The molecule has 0 amide bonds. The van der Waals surface area contributed by atoms with Crippen LogP contribution in [-0.2, 0) is 4.74 Å². The van der Waals surface area contributed by atoms with Crippen molar-refractivity contribution in [3.05, 3.63) is 29.3 Å². The number of aliphatic imine (C=N–C) groups is 1. The SMILES string of the molecule is CCOC(=O)c1ccc2c(c1)N=C(N)C1CCCC21. The molecule has 0 bridgehead atoms. The van der Waals surface area contributed by atoms with Gasteiger partial charge in [-0.05, 0) is 43.4 Å². The molecule has 4 heteroatoms. The molecule has 1 saturated carbocycles. The van der Waals surface area contributed by atoms with Gasteiger partial charge in [-0.15, -0.1) is 0 Å². The second-order valence-electron chi connectivity index (χ2n) is 5.17. The molecular formula is C15H18N2O2. The number of nitrogens with two attached hydrogens (primary N) is 1. The van der Waals surface area contributed by atoms with Crippen LogP contribution >= 0.6 is 0 Å². The van der Waals surface area contributed by atoms with E-state index in [1.165, 1.54) is 12.0 Å². The third kappa shape index (κ3) is 2.01. The lowest BCUT2D eigenvalue weighted by Crippen LogP contribution is -2.28. The molecule has 2 N–H and O–H groups in total. The molecule has 2 aliphatic rings. The van der Waals surface area contributed by atoms with Gasteiger partial charge in [0.25, 0.3) is 0 Å². The Morgan fingerprint density at radius 3 is 3.00 bits per heavy atom. The summed E-state index contributed by atoms with van der Waals surface area (Å²) in [6.07, 6.45) is 3.48. The topological polar surface area (TPSA) is 64.7 Å². The largest absolute Gasteiger partial charge is 0.462 e. The Kier molecular flexibility index (Phi) is 3.01. The molecule has 3 rings (SSSR count). The number of ether oxygens (including phenoxy) is 1. The maximum Gasteiger partial charge on any atom is 0.338 e. The van der Waals surface area contributed by atoms with Crippen molar-refractivity contribution in [2.45, 2.75) is 32.1 Å². The molecule has 4 nitrogen and oxygen atoms in total. The number of rotatable bonds is 2. The van der Waals surface area contributed by atoms with Crippen molar-refractivity contribution in [2.24, 2.45) is 16.6 Å². The summed E-state index contributed by atoms with van der Waals surface area (Å²) in [7, 11) is 0. The third-order valence-corrected chi connectivity index (χ3v) is 4.09. The molecule has 1 heterocycles. The van der Waals surface area contributed by atoms with E-state index in [0.29, 0.717) is 24.0 Å². The summed E-state index contributed by atoms with van der Waals surface area (Å²) < 4.78 is 5.01. The van der Waals surface area contributed by atoms with Crippen LogP contribution in [-0.4, -0.2) is 18.4 Å². The monoisotopic (exact) mass is 258 g/mol. The molecule has 1 aromatic rings. The fourth-order valence-corrected chi connectivity index (χ4v) is 3.20. The number of carbonyl (C=O) groups is 1. The van der Waals surface area contributed by atoms with E-state index < -0.39 is 0 Å². The number of nitrogens with zero attached hydrogens (tertiary/aromatic N) is 1. The number of carbonyl (C=O) groups excluding carboxylic acids is 1. The first-order valence-electron chi connectivity index (χ1n) is 6.86. The van der Waals surface area contributed by atoms with Crippen LogP contribution in [0.4, 0.5) is 5.69 Å². The lowest BCUT2D eigenvalue weighted by molar-refractivity contribution is 0.0526. The first-order chi connectivity index (χ1) is 9.20. The van der Waals surface area contributed by atoms with Crippen molar-refractivity contribution in [3.63, 3.8) is 0 Å². The van der Waals surface area contributed by atoms with Crippen molar-refractivity contribution in [1.82, 2.24) is 0 Å². The highest BCUT2D eigenvalue weighted by atomic mass is 16.5. The number of fused-ring (bicyclic) bond motifs is 3. The van der Waals surface area contributed by atoms with E-state index in [-0.39, 0.29) is 5.97 Å². The fourth-order valence-electron chi connectivity index (χ4n) is 3.20. The second-order valence-corrected chi connectivity index (χ2v) is 5.17. The molecule has 0 radical (unpaired) electrons. The van der Waals surface area contributed by atoms with Crippen LogP contribution in [0.1, 0.15) is 48.0 Å². The smallest absolute Gasteiger partial charge is 0.338 e. The summed E-state index contributed by atoms with van der Waals surface area (Å²) in [5, 5.41) is 0. The highest BCUT2D eigenvalue weighted by Crippen LogP contribution is 2.46. The van der Waals surface area contributed by atoms with E-state index in [9.17, 15) is 4.79 Å². The molecule has 1 aliphatic carbocycles. The summed E-state index contributed by atoms with van der Waals surface area (Å²) in [6, 6.07) is 5.65. The zero-order valence-corrected chi connectivity index (χ0v) is 11.1. The van der Waals surface area contributed by atoms with Gasteiger partial charge < -0.3 is 10.5 Å². The number of esters is 1. The minimum Gasteiger partial charge on any atom is -0.462 e. The summed E-state index contributed by atoms with van der Waals surface area (Å²) in [5.74, 6) is 1.29. The number of benzene rings is 1. The van der Waals surface area contributed by atoms with Crippen LogP contribution in [0, 0.1) is 5.92 Å². The van der Waals surface area contributed by atoms with E-state index in [2.05, 4.69) is 4.99 Å². The van der Waals surface area contributed by atoms with Crippen LogP contribution in [0.25, 0.3) is 0 Å². The first kappa shape index (κ1) is 12.2. The summed E-state index contributed by atoms with van der Waals surface area (Å²) >= 11 is 0. The highest BCUT2D eigenvalue weighted by molar-refractivity contribution is 5.93. The van der Waals surface area contributed by atoms with Crippen LogP contribution in [0.5, 0.6) is 0 Å². The fraction of sp³-hybridized carbons (Fsp3) is 0.467. The van der Waals surface area contributed by atoms with E-state index in [1.54, 1.807) is 13.0 Å². The summed E-state index contributed by atoms with van der Waals surface area (Å²) in [5.41, 5.74) is 8.67. The van der Waals surface area contributed by atoms with Crippen molar-refractivity contribution >= 4 is 17.5 Å². The number of hydrogen-bond acceptors (Lipinski definition) is 4. The Labute approximate surface area is 112 Å². The van der Waals surface area contributed by atoms with Crippen LogP contribution < -0.4 is 5.73 Å². The zero-order valence-electron chi connectivity index (χ0n) is 11.1. The summed E-state index contributed by atoms with van der Waals surface area (Å²) in [6.45, 7) is 2.18. The van der Waals surface area contributed by atoms with Crippen LogP contribution in [0.15, 0.2) is 23.2 Å². The number of hydrogen-bond donors (Lipinski definition) is 1. The minimum atomic E-state index is -0.299. The lowest BCUT2D eigenvalue weighted by Gasteiger charge is -2.26. The van der Waals surface area contributed by atoms with Gasteiger partial charge in [-0.2, -0.15) is 0 Å². The molecule has 0 saturated heterocycles. The maximum atomic E-state index is 11.7. The van der Waals surface area contributed by atoms with E-state index in [1.807, 2.05) is 12.1 Å². The van der Waals surface area contributed by atoms with Gasteiger partial charge in [0.05, 0.1) is 17.9 Å². The molecule has 2 unspecified atom stereocenters. The molecule has 2 atom stereocenters. The third-order valence-electron chi connectivity index (χ3n) is 4.09. The van der Waals surface area contributed by atoms with Crippen molar-refractivity contribution in [2.75, 3.05) is 6.61 Å². The van der Waals surface area contributed by atoms with Crippen LogP contribution in [0.3, 0.4) is 0 Å². The van der Waals surface area contributed by atoms with Gasteiger partial charge in [-0.1, -0.05) is 12.5 Å². The van der Waals surface area contributed by atoms with Crippen LogP contribution in [0.2, 0.25) is 0 Å². The quantitative estimate of drug-likeness (QED) is 0.829. The second kappa shape index (κ2) is 4.68. The zero-order chi connectivity index (χ0) is 13.4. The van der Waals surface area contributed by atoms with Gasteiger partial charge in [0.1, 0.15) is 5.84 Å². The van der Waals surface area contributed by atoms with E-state index in [4.69, 9.17) is 10.5 Å². The average Bonchev–Trinajstić information content (AvgIpc) is 2.88. The highest BCUT2D eigenvalue weighted by Gasteiger charge is 2.35. The molecule has 100 valence electrons.